The van der Waals surface area contributed by atoms with Crippen molar-refractivity contribution in [2.75, 3.05) is 11.9 Å². The maximum absolute atomic E-state index is 13.4. The second-order valence-corrected chi connectivity index (χ2v) is 4.32. The van der Waals surface area contributed by atoms with Gasteiger partial charge >= 0.3 is 0 Å². The summed E-state index contributed by atoms with van der Waals surface area (Å²) in [6.45, 7) is 0.386. The molecule has 1 saturated heterocycles. The first-order valence-electron chi connectivity index (χ1n) is 5.81. The van der Waals surface area contributed by atoms with E-state index in [1.54, 1.807) is 0 Å². The molecule has 0 bridgehead atoms. The Balaban J connectivity index is 2.13. The smallest absolute Gasteiger partial charge is 0.249 e. The minimum atomic E-state index is -1.15. The average Bonchev–Trinajstić information content (AvgIpc) is 2.38. The van der Waals surface area contributed by atoms with Crippen molar-refractivity contribution in [3.05, 3.63) is 29.8 Å². The van der Waals surface area contributed by atoms with E-state index in [1.807, 2.05) is 0 Å². The summed E-state index contributed by atoms with van der Waals surface area (Å²) in [5.41, 5.74) is -0.285. The molecule has 7 heteroatoms. The first-order chi connectivity index (χ1) is 9.00. The number of nitrogens with one attached hydrogen (secondary N) is 1. The van der Waals surface area contributed by atoms with Gasteiger partial charge in [0, 0.05) is 6.54 Å². The van der Waals surface area contributed by atoms with Crippen LogP contribution in [0.5, 0.6) is 0 Å². The molecule has 2 amide bonds. The number of benzene rings is 1. The van der Waals surface area contributed by atoms with Crippen LogP contribution in [-0.4, -0.2) is 23.4 Å². The van der Waals surface area contributed by atoms with Crippen LogP contribution in [0.1, 0.15) is 12.8 Å². The van der Waals surface area contributed by atoms with E-state index in [4.69, 9.17) is 5.84 Å². The third-order valence-electron chi connectivity index (χ3n) is 3.00. The maximum atomic E-state index is 13.4. The SMILES string of the molecule is NN1CCC[C@@H](C(=O)Nc2cccc(F)c2F)C1=O. The van der Waals surface area contributed by atoms with Crippen molar-refractivity contribution in [2.24, 2.45) is 11.8 Å². The first-order valence-corrected chi connectivity index (χ1v) is 5.81. The van der Waals surface area contributed by atoms with Crippen LogP contribution in [0, 0.1) is 17.6 Å². The molecular formula is C12H13F2N3O2. The van der Waals surface area contributed by atoms with Gasteiger partial charge in [-0.25, -0.2) is 14.6 Å². The maximum Gasteiger partial charge on any atom is 0.249 e. The van der Waals surface area contributed by atoms with Crippen LogP contribution in [0.2, 0.25) is 0 Å². The fourth-order valence-corrected chi connectivity index (χ4v) is 1.96. The number of anilines is 1. The summed E-state index contributed by atoms with van der Waals surface area (Å²) < 4.78 is 26.4. The summed E-state index contributed by atoms with van der Waals surface area (Å²) in [6, 6.07) is 3.44. The molecular weight excluding hydrogens is 256 g/mol. The molecule has 19 heavy (non-hydrogen) atoms. The molecule has 0 aromatic heterocycles. The summed E-state index contributed by atoms with van der Waals surface area (Å²) in [5, 5.41) is 3.18. The monoisotopic (exact) mass is 269 g/mol. The van der Waals surface area contributed by atoms with Crippen molar-refractivity contribution < 1.29 is 18.4 Å². The normalized spacial score (nSPS) is 19.4. The molecule has 102 valence electrons. The first kappa shape index (κ1) is 13.4. The molecule has 0 radical (unpaired) electrons. The van der Waals surface area contributed by atoms with Gasteiger partial charge in [-0.2, -0.15) is 0 Å². The predicted octanol–water partition coefficient (Wildman–Crippen LogP) is 1.02. The lowest BCUT2D eigenvalue weighted by Crippen LogP contribution is -2.49. The lowest BCUT2D eigenvalue weighted by atomic mass is 9.97. The van der Waals surface area contributed by atoms with E-state index in [1.165, 1.54) is 12.1 Å². The highest BCUT2D eigenvalue weighted by atomic mass is 19.2. The number of nitrogens with two attached hydrogens (primary N) is 1. The number of hydrazine groups is 1. The third kappa shape index (κ3) is 2.70. The molecule has 1 aliphatic rings. The minimum Gasteiger partial charge on any atom is -0.323 e. The Bertz CT molecular complexity index is 522. The number of amides is 2. The number of rotatable bonds is 2. The molecule has 1 atom stereocenters. The van der Waals surface area contributed by atoms with Crippen molar-refractivity contribution in [2.45, 2.75) is 12.8 Å². The minimum absolute atomic E-state index is 0.285. The van der Waals surface area contributed by atoms with E-state index in [2.05, 4.69) is 5.32 Å². The fourth-order valence-electron chi connectivity index (χ4n) is 1.96. The Kier molecular flexibility index (Phi) is 3.75. The van der Waals surface area contributed by atoms with Crippen LogP contribution in [0.3, 0.4) is 0 Å². The number of hydrogen-bond donors (Lipinski definition) is 2. The Morgan fingerprint density at radius 2 is 2.16 bits per heavy atom. The molecule has 2 rings (SSSR count). The zero-order valence-corrected chi connectivity index (χ0v) is 10.0. The van der Waals surface area contributed by atoms with E-state index in [-0.39, 0.29) is 5.69 Å². The Hall–Kier alpha value is -2.02. The molecule has 0 spiro atoms. The molecule has 1 aromatic rings. The molecule has 1 fully saturated rings. The van der Waals surface area contributed by atoms with Gasteiger partial charge in [0.05, 0.1) is 5.69 Å². The summed E-state index contributed by atoms with van der Waals surface area (Å²) in [6.07, 6.45) is 0.932. The topological polar surface area (TPSA) is 75.4 Å². The summed E-state index contributed by atoms with van der Waals surface area (Å²) in [5.74, 6) is 1.07. The van der Waals surface area contributed by atoms with Crippen LogP contribution in [0.4, 0.5) is 14.5 Å². The number of carbonyl (C=O) groups is 2. The zero-order valence-electron chi connectivity index (χ0n) is 10.0. The molecule has 0 saturated carbocycles. The van der Waals surface area contributed by atoms with E-state index < -0.39 is 29.4 Å². The highest BCUT2D eigenvalue weighted by molar-refractivity contribution is 6.06. The van der Waals surface area contributed by atoms with Crippen LogP contribution in [0.15, 0.2) is 18.2 Å². The van der Waals surface area contributed by atoms with Gasteiger partial charge in [-0.1, -0.05) is 6.07 Å². The van der Waals surface area contributed by atoms with E-state index in [0.717, 1.165) is 11.1 Å². The molecule has 1 heterocycles. The molecule has 1 aliphatic heterocycles. The Morgan fingerprint density at radius 3 is 2.89 bits per heavy atom. The largest absolute Gasteiger partial charge is 0.323 e. The Morgan fingerprint density at radius 1 is 1.42 bits per heavy atom. The van der Waals surface area contributed by atoms with Crippen molar-refractivity contribution in [1.82, 2.24) is 5.01 Å². The van der Waals surface area contributed by atoms with Crippen LogP contribution < -0.4 is 11.2 Å². The van der Waals surface area contributed by atoms with E-state index in [9.17, 15) is 18.4 Å². The van der Waals surface area contributed by atoms with Gasteiger partial charge in [0.25, 0.3) is 0 Å². The Labute approximate surface area is 108 Å². The highest BCUT2D eigenvalue weighted by Crippen LogP contribution is 2.21. The highest BCUT2D eigenvalue weighted by Gasteiger charge is 2.33. The standard InChI is InChI=1S/C12H13F2N3O2/c13-8-4-1-5-9(10(8)14)16-11(18)7-3-2-6-17(15)12(7)19/h1,4-5,7H,2-3,6,15H2,(H,16,18)/t7-/m0/s1. The van der Waals surface area contributed by atoms with Gasteiger partial charge < -0.3 is 5.32 Å². The van der Waals surface area contributed by atoms with Gasteiger partial charge in [-0.3, -0.25) is 14.6 Å². The summed E-state index contributed by atoms with van der Waals surface area (Å²) >= 11 is 0. The lowest BCUT2D eigenvalue weighted by molar-refractivity contribution is -0.143. The zero-order chi connectivity index (χ0) is 14.0. The van der Waals surface area contributed by atoms with Crippen molar-refractivity contribution in [1.29, 1.82) is 0 Å². The number of halogens is 2. The second kappa shape index (κ2) is 5.31. The quantitative estimate of drug-likeness (QED) is 0.478. The number of hydrogen-bond acceptors (Lipinski definition) is 3. The van der Waals surface area contributed by atoms with Crippen molar-refractivity contribution >= 4 is 17.5 Å². The molecule has 0 unspecified atom stereocenters. The predicted molar refractivity (Wildman–Crippen MR) is 63.6 cm³/mol. The molecule has 0 aliphatic carbocycles. The lowest BCUT2D eigenvalue weighted by Gasteiger charge is -2.27. The molecule has 1 aromatic carbocycles. The number of piperidine rings is 1. The van der Waals surface area contributed by atoms with Crippen molar-refractivity contribution in [3.63, 3.8) is 0 Å². The van der Waals surface area contributed by atoms with Gasteiger partial charge in [-0.05, 0) is 25.0 Å². The average molecular weight is 269 g/mol. The van der Waals surface area contributed by atoms with Crippen molar-refractivity contribution in [3.8, 4) is 0 Å². The van der Waals surface area contributed by atoms with Gasteiger partial charge in [0.1, 0.15) is 5.92 Å². The van der Waals surface area contributed by atoms with Crippen LogP contribution >= 0.6 is 0 Å². The van der Waals surface area contributed by atoms with E-state index in [0.29, 0.717) is 19.4 Å². The van der Waals surface area contributed by atoms with Crippen LogP contribution in [-0.2, 0) is 9.59 Å². The van der Waals surface area contributed by atoms with Gasteiger partial charge in [0.2, 0.25) is 11.8 Å². The van der Waals surface area contributed by atoms with Crippen LogP contribution in [0.25, 0.3) is 0 Å². The molecule has 3 N–H and O–H groups in total. The number of nitrogens with zero attached hydrogens (tertiary/aromatic N) is 1. The third-order valence-corrected chi connectivity index (χ3v) is 3.00. The second-order valence-electron chi connectivity index (χ2n) is 4.32. The summed E-state index contributed by atoms with van der Waals surface area (Å²) in [7, 11) is 0. The number of carbonyl (C=O) groups excluding carboxylic acids is 2. The summed E-state index contributed by atoms with van der Waals surface area (Å²) in [4.78, 5) is 23.6. The van der Waals surface area contributed by atoms with Gasteiger partial charge in [-0.15, -0.1) is 0 Å². The van der Waals surface area contributed by atoms with E-state index >= 15 is 0 Å². The molecule has 5 nitrogen and oxygen atoms in total. The fraction of sp³-hybridized carbons (Fsp3) is 0.333. The van der Waals surface area contributed by atoms with Gasteiger partial charge in [0.15, 0.2) is 11.6 Å².